The zero-order valence-electron chi connectivity index (χ0n) is 22.4. The van der Waals surface area contributed by atoms with Gasteiger partial charge < -0.3 is 20.5 Å². The smallest absolute Gasteiger partial charge is 0.490 e. The fourth-order valence-electron chi connectivity index (χ4n) is 4.48. The Morgan fingerprint density at radius 2 is 1.81 bits per heavy atom. The second kappa shape index (κ2) is 11.8. The van der Waals surface area contributed by atoms with E-state index in [1.165, 1.54) is 17.7 Å². The minimum Gasteiger partial charge on any atom is -0.497 e. The lowest BCUT2D eigenvalue weighted by atomic mass is 10.1. The number of carboxylic acid groups (broad SMARTS) is 1. The Morgan fingerprint density at radius 3 is 2.48 bits per heavy atom. The third-order valence-electron chi connectivity index (χ3n) is 6.75. The highest BCUT2D eigenvalue weighted by Crippen LogP contribution is 2.29. The van der Waals surface area contributed by atoms with Crippen molar-refractivity contribution in [2.24, 2.45) is 0 Å². The summed E-state index contributed by atoms with van der Waals surface area (Å²) in [5, 5.41) is 9.50. The standard InChI is InChI=1S/C25H25N5O4S.C2HF3O2/c1-29(35(32,33)20-7-5-17-4-6-19(34-2)12-18(17)13-20)23-9-10-30(25(23)31)14-16-3-8-22-21(11-16)24(26)28-15-27-22;3-2(4,5)1(6)7/h3-8,11-13,15,23H,9-10,14H2,1-2H3,(H2,26,27,28);(H,6,7)/t23-;/m0./s1. The number of alkyl halides is 3. The SMILES string of the molecule is COc1ccc2ccc(S(=O)(=O)N(C)[C@H]3CCN(Cc4ccc5ncnc(N)c5c4)C3=O)cc2c1.O=C(O)C(F)(F)F. The largest absolute Gasteiger partial charge is 0.497 e. The van der Waals surface area contributed by atoms with Gasteiger partial charge in [-0.05, 0) is 59.2 Å². The van der Waals surface area contributed by atoms with Gasteiger partial charge >= 0.3 is 12.1 Å². The van der Waals surface area contributed by atoms with Crippen molar-refractivity contribution in [2.45, 2.75) is 30.1 Å². The maximum absolute atomic E-state index is 13.4. The molecule has 0 aliphatic carbocycles. The van der Waals surface area contributed by atoms with Crippen molar-refractivity contribution in [1.29, 1.82) is 0 Å². The molecule has 15 heteroatoms. The van der Waals surface area contributed by atoms with Gasteiger partial charge in [0.1, 0.15) is 23.9 Å². The summed E-state index contributed by atoms with van der Waals surface area (Å²) in [6, 6.07) is 15.3. The van der Waals surface area contributed by atoms with Crippen LogP contribution in [0.5, 0.6) is 5.75 Å². The number of likely N-dealkylation sites (N-methyl/N-ethyl adjacent to an activating group) is 1. The van der Waals surface area contributed by atoms with Crippen molar-refractivity contribution in [3.05, 3.63) is 66.5 Å². The minimum absolute atomic E-state index is 0.136. The number of benzene rings is 3. The number of carbonyl (C=O) groups is 2. The zero-order valence-corrected chi connectivity index (χ0v) is 23.2. The number of carboxylic acids is 1. The Labute approximate surface area is 238 Å². The zero-order chi connectivity index (χ0) is 30.8. The summed E-state index contributed by atoms with van der Waals surface area (Å²) in [5.74, 6) is -1.96. The molecule has 1 aliphatic heterocycles. The molecule has 42 heavy (non-hydrogen) atoms. The van der Waals surface area contributed by atoms with E-state index in [1.807, 2.05) is 30.3 Å². The number of fused-ring (bicyclic) bond motifs is 2. The van der Waals surface area contributed by atoms with Crippen LogP contribution in [0.25, 0.3) is 21.7 Å². The van der Waals surface area contributed by atoms with Crippen LogP contribution < -0.4 is 10.5 Å². The Bertz CT molecular complexity index is 1770. The van der Waals surface area contributed by atoms with E-state index in [9.17, 15) is 26.4 Å². The molecule has 0 saturated carbocycles. The van der Waals surface area contributed by atoms with Crippen LogP contribution in [0.15, 0.2) is 65.8 Å². The van der Waals surface area contributed by atoms with E-state index >= 15 is 0 Å². The Kier molecular flexibility index (Phi) is 8.54. The summed E-state index contributed by atoms with van der Waals surface area (Å²) >= 11 is 0. The maximum atomic E-state index is 13.4. The highest BCUT2D eigenvalue weighted by molar-refractivity contribution is 7.89. The molecule has 0 unspecified atom stereocenters. The normalized spacial score (nSPS) is 15.6. The van der Waals surface area contributed by atoms with E-state index in [0.717, 1.165) is 27.2 Å². The summed E-state index contributed by atoms with van der Waals surface area (Å²) in [7, 11) is -0.858. The number of nitrogen functional groups attached to an aromatic ring is 1. The number of amides is 1. The summed E-state index contributed by atoms with van der Waals surface area (Å²) in [4.78, 5) is 32.1. The van der Waals surface area contributed by atoms with Crippen LogP contribution in [0, 0.1) is 0 Å². The molecule has 0 spiro atoms. The van der Waals surface area contributed by atoms with Gasteiger partial charge in [-0.2, -0.15) is 17.5 Å². The molecule has 1 aromatic heterocycles. The van der Waals surface area contributed by atoms with E-state index in [-0.39, 0.29) is 10.8 Å². The second-order valence-electron chi connectivity index (χ2n) is 9.37. The van der Waals surface area contributed by atoms with Crippen LogP contribution in [-0.2, 0) is 26.2 Å². The minimum atomic E-state index is -5.08. The summed E-state index contributed by atoms with van der Waals surface area (Å²) in [6.07, 6.45) is -3.26. The van der Waals surface area contributed by atoms with Crippen LogP contribution in [0.4, 0.5) is 19.0 Å². The lowest BCUT2D eigenvalue weighted by Gasteiger charge is -2.24. The number of nitrogens with two attached hydrogens (primary N) is 1. The number of carbonyl (C=O) groups excluding carboxylic acids is 1. The number of methoxy groups -OCH3 is 1. The van der Waals surface area contributed by atoms with Gasteiger partial charge in [0.2, 0.25) is 15.9 Å². The van der Waals surface area contributed by atoms with Crippen LogP contribution in [0.3, 0.4) is 0 Å². The summed E-state index contributed by atoms with van der Waals surface area (Å²) < 4.78 is 65.0. The molecular weight excluding hydrogens is 579 g/mol. The second-order valence-corrected chi connectivity index (χ2v) is 11.4. The van der Waals surface area contributed by atoms with Gasteiger partial charge in [0.25, 0.3) is 0 Å². The monoisotopic (exact) mass is 605 g/mol. The number of rotatable bonds is 6. The Balaban J connectivity index is 0.000000517. The van der Waals surface area contributed by atoms with Crippen molar-refractivity contribution in [2.75, 3.05) is 26.4 Å². The molecule has 2 heterocycles. The first-order valence-electron chi connectivity index (χ1n) is 12.4. The molecule has 0 bridgehead atoms. The Morgan fingerprint density at radius 1 is 1.12 bits per heavy atom. The lowest BCUT2D eigenvalue weighted by molar-refractivity contribution is -0.192. The van der Waals surface area contributed by atoms with Gasteiger partial charge in [0.05, 0.1) is 17.5 Å². The third-order valence-corrected chi connectivity index (χ3v) is 8.61. The van der Waals surface area contributed by atoms with Crippen LogP contribution >= 0.6 is 0 Å². The fraction of sp³-hybridized carbons (Fsp3) is 0.259. The molecular formula is C27H26F3N5O6S. The summed E-state index contributed by atoms with van der Waals surface area (Å²) in [5.41, 5.74) is 7.57. The molecule has 4 aromatic rings. The molecule has 3 N–H and O–H groups in total. The van der Waals surface area contributed by atoms with Gasteiger partial charge in [-0.1, -0.05) is 18.2 Å². The van der Waals surface area contributed by atoms with Crippen molar-refractivity contribution >= 4 is 49.4 Å². The molecule has 1 fully saturated rings. The number of ether oxygens (including phenoxy) is 1. The first-order valence-corrected chi connectivity index (χ1v) is 13.8. The molecule has 5 rings (SSSR count). The topological polar surface area (TPSA) is 156 Å². The fourth-order valence-corrected chi connectivity index (χ4v) is 5.86. The van der Waals surface area contributed by atoms with Gasteiger partial charge in [-0.15, -0.1) is 0 Å². The van der Waals surface area contributed by atoms with Gasteiger partial charge in [-0.3, -0.25) is 4.79 Å². The highest BCUT2D eigenvalue weighted by atomic mass is 32.2. The van der Waals surface area contributed by atoms with E-state index < -0.39 is 28.2 Å². The van der Waals surface area contributed by atoms with E-state index in [0.29, 0.717) is 31.1 Å². The Hall–Kier alpha value is -4.50. The van der Waals surface area contributed by atoms with Crippen molar-refractivity contribution in [3.8, 4) is 5.75 Å². The third kappa shape index (κ3) is 6.36. The number of hydrogen-bond donors (Lipinski definition) is 2. The average molecular weight is 606 g/mol. The molecule has 1 amide bonds. The first-order chi connectivity index (χ1) is 19.7. The number of sulfonamides is 1. The van der Waals surface area contributed by atoms with E-state index in [1.54, 1.807) is 36.3 Å². The molecule has 222 valence electrons. The molecule has 1 saturated heterocycles. The van der Waals surface area contributed by atoms with Crippen LogP contribution in [0.2, 0.25) is 0 Å². The first kappa shape index (κ1) is 30.5. The number of aliphatic carboxylic acids is 1. The van der Waals surface area contributed by atoms with E-state index in [2.05, 4.69) is 9.97 Å². The predicted molar refractivity (Wildman–Crippen MR) is 147 cm³/mol. The molecule has 1 atom stereocenters. The number of anilines is 1. The van der Waals surface area contributed by atoms with Crippen molar-refractivity contribution in [1.82, 2.24) is 19.2 Å². The van der Waals surface area contributed by atoms with Gasteiger partial charge in [0, 0.05) is 25.5 Å². The van der Waals surface area contributed by atoms with Crippen LogP contribution in [-0.4, -0.2) is 77.5 Å². The number of hydrogen-bond acceptors (Lipinski definition) is 8. The average Bonchev–Trinajstić information content (AvgIpc) is 3.31. The molecule has 0 radical (unpaired) electrons. The van der Waals surface area contributed by atoms with E-state index in [4.69, 9.17) is 20.4 Å². The van der Waals surface area contributed by atoms with Crippen LogP contribution in [0.1, 0.15) is 12.0 Å². The number of aromatic nitrogens is 2. The van der Waals surface area contributed by atoms with Crippen molar-refractivity contribution in [3.63, 3.8) is 0 Å². The molecule has 1 aliphatic rings. The molecule has 3 aromatic carbocycles. The van der Waals surface area contributed by atoms with Crippen molar-refractivity contribution < 1.29 is 41.0 Å². The van der Waals surface area contributed by atoms with Gasteiger partial charge in [0.15, 0.2) is 0 Å². The summed E-state index contributed by atoms with van der Waals surface area (Å²) in [6.45, 7) is 0.806. The maximum Gasteiger partial charge on any atom is 0.490 e. The highest BCUT2D eigenvalue weighted by Gasteiger charge is 2.40. The predicted octanol–water partition coefficient (Wildman–Crippen LogP) is 3.43. The number of likely N-dealkylation sites (tertiary alicyclic amines) is 1. The number of halogens is 3. The lowest BCUT2D eigenvalue weighted by Crippen LogP contribution is -2.42. The number of nitrogens with zero attached hydrogens (tertiary/aromatic N) is 4. The van der Waals surface area contributed by atoms with Gasteiger partial charge in [-0.25, -0.2) is 23.2 Å². The molecule has 11 nitrogen and oxygen atoms in total. The quantitative estimate of drug-likeness (QED) is 0.336.